The number of hydrogen-bond donors (Lipinski definition) is 0. The molecule has 1 nitrogen and oxygen atoms in total. The highest BCUT2D eigenvalue weighted by Crippen LogP contribution is 2.44. The van der Waals surface area contributed by atoms with E-state index in [1.807, 2.05) is 0 Å². The molecule has 0 heterocycles. The second-order valence-corrected chi connectivity index (χ2v) is 19.1. The van der Waals surface area contributed by atoms with Gasteiger partial charge in [0.05, 0.1) is 59.4 Å². The Labute approximate surface area is 408 Å². The van der Waals surface area contributed by atoms with Crippen molar-refractivity contribution >= 4 is 0 Å². The molecule has 0 N–H and O–H groups in total. The molecule has 0 atom stereocenters. The molecule has 0 aliphatic carbocycles. The maximum absolute atomic E-state index is 12.7. The summed E-state index contributed by atoms with van der Waals surface area (Å²) in [5.41, 5.74) is -4.07. The summed E-state index contributed by atoms with van der Waals surface area (Å²) >= 11 is 0. The fourth-order valence-corrected chi connectivity index (χ4v) is 1.54. The molecule has 0 aliphatic heterocycles. The Bertz CT molecular complexity index is 746. The van der Waals surface area contributed by atoms with Crippen LogP contribution >= 0.6 is 0 Å². The molecule has 0 rings (SSSR count). The molecular weight excluding hydrogens is 979 g/mol. The monoisotopic (exact) mass is 1080 g/mol. The lowest BCUT2D eigenvalue weighted by Gasteiger charge is -2.34. The van der Waals surface area contributed by atoms with Crippen LogP contribution in [0.3, 0.4) is 0 Å². The van der Waals surface area contributed by atoms with Crippen LogP contribution in [0.5, 0.6) is 0 Å². The minimum absolute atomic E-state index is 0.0156. The third kappa shape index (κ3) is 197. The van der Waals surface area contributed by atoms with Gasteiger partial charge in [-0.1, -0.05) is 69.2 Å². The van der Waals surface area contributed by atoms with E-state index in [9.17, 15) is 92.2 Å². The van der Waals surface area contributed by atoms with Gasteiger partial charge in [-0.3, -0.25) is 30.7 Å². The summed E-state index contributed by atoms with van der Waals surface area (Å²) in [7, 11) is 1.50. The van der Waals surface area contributed by atoms with Gasteiger partial charge in [-0.05, 0) is 106 Å². The molecule has 444 valence electrons. The van der Waals surface area contributed by atoms with Gasteiger partial charge in [0.1, 0.15) is 12.3 Å². The first-order valence-corrected chi connectivity index (χ1v) is 21.0. The minimum Gasteiger partial charge on any atom is -0.370 e. The standard InChI is InChI=1S/C8H18O.C8H18.C6H8F6.C5H12.C4H9F.C3H5F3.4C2H5F.2CH2F2.3CH3F/c1-7(2,3)9-8(4,5)6;1-7(2,3)8(4,5)6;1-4(8,9)6(12,3-7)5(2,10)11;1-5(2,3)4;1-4(2,3)5;1-3(5,6)2-4;4*1-2-3;2*2-1-3;3*1-2/h1-6H3;1-6H3;3H2,1-2H3;1-4H3;1-3H3;2H2,1H3;4*2H2,1H3;2*1H2;3*1H3. The first kappa shape index (κ1) is 108. The van der Waals surface area contributed by atoms with Gasteiger partial charge in [0.25, 0.3) is 23.4 Å². The fraction of sp³-hybridized carbons (Fsp3) is 1.00. The zero-order chi connectivity index (χ0) is 61.4. The van der Waals surface area contributed by atoms with Gasteiger partial charge >= 0.3 is 0 Å². The zero-order valence-electron chi connectivity index (χ0n) is 48.0. The Morgan fingerprint density at radius 2 is 0.406 bits per heavy atom. The van der Waals surface area contributed by atoms with E-state index in [2.05, 4.69) is 111 Å². The SMILES string of the molecule is CC(C)(C)C.CC(C)(C)C(C)(C)C.CC(C)(C)F.CC(C)(C)OC(C)(C)C.CC(F)(F)C(F)(CF)C(C)(F)F.CC(F)(F)CF.CCF.CCF.CCF.CCF.CF.CF.CF.FCF.FCF. The van der Waals surface area contributed by atoms with Gasteiger partial charge in [-0.15, -0.1) is 0 Å². The van der Waals surface area contributed by atoms with Crippen molar-refractivity contribution in [1.82, 2.24) is 0 Å². The molecule has 0 aromatic rings. The Morgan fingerprint density at radius 3 is 0.406 bits per heavy atom. The maximum Gasteiger partial charge on any atom is 0.287 e. The molecule has 0 saturated carbocycles. The molecule has 0 aromatic heterocycles. The molecule has 0 aromatic carbocycles. The number of rotatable bonds is 4. The zero-order valence-corrected chi connectivity index (χ0v) is 48.0. The van der Waals surface area contributed by atoms with Crippen molar-refractivity contribution in [2.45, 2.75) is 220 Å². The van der Waals surface area contributed by atoms with E-state index in [0.717, 1.165) is 0 Å². The Morgan fingerprint density at radius 1 is 0.304 bits per heavy atom. The highest BCUT2D eigenvalue weighted by Gasteiger charge is 2.65. The van der Waals surface area contributed by atoms with Crippen LogP contribution in [0.15, 0.2) is 0 Å². The second kappa shape index (κ2) is 62.6. The predicted octanol–water partition coefficient (Wildman–Crippen LogP) is 21.5. The molecule has 0 radical (unpaired) electrons. The van der Waals surface area contributed by atoms with E-state index in [0.29, 0.717) is 44.7 Å². The first-order chi connectivity index (χ1) is 30.1. The van der Waals surface area contributed by atoms with Crippen LogP contribution in [0.4, 0.5) is 92.2 Å². The summed E-state index contributed by atoms with van der Waals surface area (Å²) in [5, 5.41) is 0. The van der Waals surface area contributed by atoms with Crippen LogP contribution < -0.4 is 0 Å². The van der Waals surface area contributed by atoms with E-state index >= 15 is 0 Å². The molecule has 0 spiro atoms. The predicted molar refractivity (Wildman–Crippen MR) is 255 cm³/mol. The van der Waals surface area contributed by atoms with Crippen LogP contribution in [0.25, 0.3) is 0 Å². The highest BCUT2D eigenvalue weighted by atomic mass is 19.3. The van der Waals surface area contributed by atoms with Crippen LogP contribution in [0.1, 0.15) is 180 Å². The van der Waals surface area contributed by atoms with Crippen molar-refractivity contribution in [2.24, 2.45) is 16.2 Å². The van der Waals surface area contributed by atoms with Crippen molar-refractivity contribution in [3.8, 4) is 0 Å². The van der Waals surface area contributed by atoms with Gasteiger partial charge in [-0.25, -0.2) is 61.5 Å². The smallest absolute Gasteiger partial charge is 0.287 e. The molecule has 0 aliphatic rings. The third-order valence-electron chi connectivity index (χ3n) is 4.67. The van der Waals surface area contributed by atoms with E-state index in [-0.39, 0.29) is 51.7 Å². The first-order valence-electron chi connectivity index (χ1n) is 21.0. The Hall–Kier alpha value is -1.51. The maximum atomic E-state index is 12.7. The summed E-state index contributed by atoms with van der Waals surface area (Å²) in [6, 6.07) is 0. The third-order valence-corrected chi connectivity index (χ3v) is 4.67. The van der Waals surface area contributed by atoms with Crippen LogP contribution in [0.2, 0.25) is 0 Å². The van der Waals surface area contributed by atoms with Crippen LogP contribution in [-0.2, 0) is 4.74 Å². The normalized spacial score (nSPS) is 10.7. The lowest BCUT2D eigenvalue weighted by molar-refractivity contribution is -0.238. The summed E-state index contributed by atoms with van der Waals surface area (Å²) in [4.78, 5) is 0. The molecule has 0 fully saturated rings. The average Bonchev–Trinajstić information content (AvgIpc) is 3.08. The number of ether oxygens (including phenoxy) is 1. The van der Waals surface area contributed by atoms with Crippen LogP contribution in [-0.4, -0.2) is 116 Å². The van der Waals surface area contributed by atoms with E-state index in [1.54, 1.807) is 0 Å². The summed E-state index contributed by atoms with van der Waals surface area (Å²) in [6.45, 7) is 37.1. The quantitative estimate of drug-likeness (QED) is 0.255. The van der Waals surface area contributed by atoms with Gasteiger partial charge in [0.2, 0.25) is 13.9 Å². The number of halogens is 21. The number of alkyl halides is 21. The molecule has 0 unspecified atom stereocenters. The number of hydrogen-bond acceptors (Lipinski definition) is 1. The second-order valence-electron chi connectivity index (χ2n) is 19.1. The molecule has 0 amide bonds. The van der Waals surface area contributed by atoms with Gasteiger partial charge in [0, 0.05) is 20.8 Å². The molecule has 0 bridgehead atoms. The largest absolute Gasteiger partial charge is 0.370 e. The van der Waals surface area contributed by atoms with Gasteiger partial charge in [-0.2, -0.15) is 0 Å². The van der Waals surface area contributed by atoms with Crippen molar-refractivity contribution < 1.29 is 96.9 Å². The fourth-order valence-electron chi connectivity index (χ4n) is 1.54. The van der Waals surface area contributed by atoms with Gasteiger partial charge in [0.15, 0.2) is 6.67 Å². The molecule has 69 heavy (non-hydrogen) atoms. The lowest BCUT2D eigenvalue weighted by Crippen LogP contribution is -2.56. The topological polar surface area (TPSA) is 9.23 Å². The van der Waals surface area contributed by atoms with E-state index in [1.165, 1.54) is 48.5 Å². The molecule has 0 saturated heterocycles. The van der Waals surface area contributed by atoms with Crippen molar-refractivity contribution in [1.29, 1.82) is 0 Å². The highest BCUT2D eigenvalue weighted by molar-refractivity contribution is 4.99. The Balaban J connectivity index is -0.0000000362. The van der Waals surface area contributed by atoms with Crippen molar-refractivity contribution in [3.05, 3.63) is 0 Å². The van der Waals surface area contributed by atoms with E-state index in [4.69, 9.17) is 4.74 Å². The Kier molecular flexibility index (Phi) is 98.3. The minimum atomic E-state index is -4.42. The van der Waals surface area contributed by atoms with E-state index < -0.39 is 56.3 Å². The van der Waals surface area contributed by atoms with Crippen LogP contribution in [0, 0.1) is 16.2 Å². The average molecular weight is 1080 g/mol. The van der Waals surface area contributed by atoms with Crippen molar-refractivity contribution in [3.63, 3.8) is 0 Å². The molecular formula is C47H103F21O. The summed E-state index contributed by atoms with van der Waals surface area (Å²) < 4.78 is 231. The lowest BCUT2D eigenvalue weighted by atomic mass is 9.71. The van der Waals surface area contributed by atoms with Crippen molar-refractivity contribution in [2.75, 3.05) is 75.4 Å². The van der Waals surface area contributed by atoms with Gasteiger partial charge < -0.3 is 4.74 Å². The molecule has 22 heteroatoms. The summed E-state index contributed by atoms with van der Waals surface area (Å²) in [6.07, 6.45) is 0. The summed E-state index contributed by atoms with van der Waals surface area (Å²) in [5.74, 6) is -11.9.